The van der Waals surface area contributed by atoms with Gasteiger partial charge in [0.1, 0.15) is 5.25 Å². The Bertz CT molecular complexity index is 421. The quantitative estimate of drug-likeness (QED) is 0.682. The van der Waals surface area contributed by atoms with Crippen LogP contribution in [0, 0.1) is 5.92 Å². The van der Waals surface area contributed by atoms with E-state index in [-0.39, 0.29) is 24.5 Å². The predicted molar refractivity (Wildman–Crippen MR) is 61.4 cm³/mol. The molecule has 0 amide bonds. The third-order valence-electron chi connectivity index (χ3n) is 2.54. The molecule has 7 heteroatoms. The van der Waals surface area contributed by atoms with Gasteiger partial charge in [-0.25, -0.2) is 8.42 Å². The molecule has 1 aliphatic heterocycles. The summed E-state index contributed by atoms with van der Waals surface area (Å²) < 4.78 is 50.4. The fourth-order valence-electron chi connectivity index (χ4n) is 1.48. The third kappa shape index (κ3) is 4.03. The van der Waals surface area contributed by atoms with E-state index in [1.165, 1.54) is 0 Å². The van der Waals surface area contributed by atoms with Crippen molar-refractivity contribution in [2.45, 2.75) is 31.9 Å². The summed E-state index contributed by atoms with van der Waals surface area (Å²) in [5.74, 6) is 0.0177. The van der Waals surface area contributed by atoms with Crippen LogP contribution in [0.2, 0.25) is 0 Å². The van der Waals surface area contributed by atoms with Gasteiger partial charge in [-0.05, 0) is 18.8 Å². The molecule has 0 aliphatic carbocycles. The van der Waals surface area contributed by atoms with Crippen molar-refractivity contribution in [1.82, 2.24) is 0 Å². The Morgan fingerprint density at radius 1 is 1.38 bits per heavy atom. The lowest BCUT2D eigenvalue weighted by Crippen LogP contribution is -2.25. The molecule has 1 heterocycles. The Hall–Kier alpha value is -0.140. The average Bonchev–Trinajstić information content (AvgIpc) is 2.45. The molecular formula is C9H18O5S2. The maximum Gasteiger partial charge on any atom is 0.271 e. The number of hydrogen-bond acceptors (Lipinski definition) is 5. The van der Waals surface area contributed by atoms with E-state index in [4.69, 9.17) is 4.18 Å². The zero-order valence-corrected chi connectivity index (χ0v) is 11.2. The van der Waals surface area contributed by atoms with Crippen LogP contribution >= 0.6 is 0 Å². The highest BCUT2D eigenvalue weighted by molar-refractivity contribution is 7.94. The molecule has 1 fully saturated rings. The highest BCUT2D eigenvalue weighted by atomic mass is 32.2. The second-order valence-corrected chi connectivity index (χ2v) is 8.64. The molecular weight excluding hydrogens is 252 g/mol. The van der Waals surface area contributed by atoms with Crippen molar-refractivity contribution in [3.05, 3.63) is 0 Å². The molecule has 5 nitrogen and oxygen atoms in total. The van der Waals surface area contributed by atoms with E-state index in [1.54, 1.807) is 0 Å². The van der Waals surface area contributed by atoms with Crippen LogP contribution in [0.5, 0.6) is 0 Å². The molecule has 1 atom stereocenters. The fourth-order valence-corrected chi connectivity index (χ4v) is 5.39. The Morgan fingerprint density at radius 3 is 2.44 bits per heavy atom. The minimum atomic E-state index is -3.71. The van der Waals surface area contributed by atoms with Crippen LogP contribution in [0.25, 0.3) is 0 Å². The summed E-state index contributed by atoms with van der Waals surface area (Å²) in [6.07, 6.45) is 0.811. The lowest BCUT2D eigenvalue weighted by molar-refractivity contribution is 0.288. The van der Waals surface area contributed by atoms with Crippen molar-refractivity contribution >= 4 is 20.0 Å². The van der Waals surface area contributed by atoms with Crippen molar-refractivity contribution in [2.24, 2.45) is 5.92 Å². The highest BCUT2D eigenvalue weighted by Crippen LogP contribution is 2.20. The minimum Gasteiger partial charge on any atom is -0.270 e. The van der Waals surface area contributed by atoms with Gasteiger partial charge < -0.3 is 0 Å². The summed E-state index contributed by atoms with van der Waals surface area (Å²) in [4.78, 5) is 0. The van der Waals surface area contributed by atoms with Crippen LogP contribution in [0.3, 0.4) is 0 Å². The zero-order valence-electron chi connectivity index (χ0n) is 9.55. The molecule has 0 aromatic heterocycles. The second kappa shape index (κ2) is 5.01. The summed E-state index contributed by atoms with van der Waals surface area (Å²) in [5, 5.41) is -0.871. The smallest absolute Gasteiger partial charge is 0.270 e. The van der Waals surface area contributed by atoms with Crippen molar-refractivity contribution in [2.75, 3.05) is 18.1 Å². The van der Waals surface area contributed by atoms with Crippen LogP contribution in [0.4, 0.5) is 0 Å². The van der Waals surface area contributed by atoms with Crippen molar-refractivity contribution in [1.29, 1.82) is 0 Å². The Balaban J connectivity index is 2.52. The predicted octanol–water partition coefficient (Wildman–Crippen LogP) is 0.566. The van der Waals surface area contributed by atoms with Gasteiger partial charge in [0.2, 0.25) is 0 Å². The number of rotatable bonds is 5. The molecule has 0 aromatic carbocycles. The van der Waals surface area contributed by atoms with Crippen LogP contribution in [0.1, 0.15) is 26.7 Å². The van der Waals surface area contributed by atoms with Gasteiger partial charge in [0.15, 0.2) is 9.84 Å². The molecule has 0 unspecified atom stereocenters. The first kappa shape index (κ1) is 13.9. The minimum absolute atomic E-state index is 0.0512. The Labute approximate surface area is 97.2 Å². The summed E-state index contributed by atoms with van der Waals surface area (Å²) in [6, 6.07) is 0. The summed E-state index contributed by atoms with van der Waals surface area (Å²) in [7, 11) is -6.89. The molecule has 0 aromatic rings. The van der Waals surface area contributed by atoms with Crippen molar-refractivity contribution < 1.29 is 21.0 Å². The number of sulfone groups is 1. The Kier molecular flexibility index (Phi) is 4.36. The van der Waals surface area contributed by atoms with Gasteiger partial charge in [-0.1, -0.05) is 13.8 Å². The van der Waals surface area contributed by atoms with E-state index in [9.17, 15) is 16.8 Å². The normalized spacial score (nSPS) is 25.1. The topological polar surface area (TPSA) is 77.5 Å². The first-order valence-electron chi connectivity index (χ1n) is 5.31. The zero-order chi connectivity index (χ0) is 12.4. The SMILES string of the molecule is CC(C)CCOS(=O)(=O)[C@@H]1CCS(=O)(=O)C1. The van der Waals surface area contributed by atoms with Gasteiger partial charge >= 0.3 is 0 Å². The largest absolute Gasteiger partial charge is 0.271 e. The molecule has 0 N–H and O–H groups in total. The lowest BCUT2D eigenvalue weighted by atomic mass is 10.2. The molecule has 0 radical (unpaired) electrons. The highest BCUT2D eigenvalue weighted by Gasteiger charge is 2.37. The first-order chi connectivity index (χ1) is 7.23. The molecule has 0 spiro atoms. The summed E-state index contributed by atoms with van der Waals surface area (Å²) >= 11 is 0. The monoisotopic (exact) mass is 270 g/mol. The average molecular weight is 270 g/mol. The molecule has 0 saturated carbocycles. The fraction of sp³-hybridized carbons (Fsp3) is 1.00. The van der Waals surface area contributed by atoms with E-state index in [0.717, 1.165) is 0 Å². The third-order valence-corrected chi connectivity index (χ3v) is 6.23. The standard InChI is InChI=1S/C9H18O5S2/c1-8(2)3-5-14-16(12,13)9-4-6-15(10,11)7-9/h8-9H,3-7H2,1-2H3/t9-/m1/s1. The Morgan fingerprint density at radius 2 is 2.00 bits per heavy atom. The van der Waals surface area contributed by atoms with Gasteiger partial charge in [-0.2, -0.15) is 8.42 Å². The van der Waals surface area contributed by atoms with E-state index < -0.39 is 25.2 Å². The van der Waals surface area contributed by atoms with Crippen LogP contribution < -0.4 is 0 Å². The molecule has 1 saturated heterocycles. The lowest BCUT2D eigenvalue weighted by Gasteiger charge is -2.10. The maximum atomic E-state index is 11.6. The van der Waals surface area contributed by atoms with Gasteiger partial charge in [0.25, 0.3) is 10.1 Å². The van der Waals surface area contributed by atoms with Gasteiger partial charge in [0, 0.05) is 0 Å². The van der Waals surface area contributed by atoms with E-state index in [0.29, 0.717) is 12.3 Å². The molecule has 16 heavy (non-hydrogen) atoms. The molecule has 0 bridgehead atoms. The van der Waals surface area contributed by atoms with Gasteiger partial charge in [-0.15, -0.1) is 0 Å². The molecule has 96 valence electrons. The van der Waals surface area contributed by atoms with Gasteiger partial charge in [-0.3, -0.25) is 4.18 Å². The van der Waals surface area contributed by atoms with Crippen LogP contribution in [0.15, 0.2) is 0 Å². The summed E-state index contributed by atoms with van der Waals surface area (Å²) in [6.45, 7) is 4.07. The van der Waals surface area contributed by atoms with Crippen molar-refractivity contribution in [3.8, 4) is 0 Å². The van der Waals surface area contributed by atoms with E-state index >= 15 is 0 Å². The van der Waals surface area contributed by atoms with E-state index in [2.05, 4.69) is 0 Å². The van der Waals surface area contributed by atoms with Crippen molar-refractivity contribution in [3.63, 3.8) is 0 Å². The number of hydrogen-bond donors (Lipinski definition) is 0. The summed E-state index contributed by atoms with van der Waals surface area (Å²) in [5.41, 5.74) is 0. The first-order valence-corrected chi connectivity index (χ1v) is 8.61. The molecule has 1 aliphatic rings. The van der Waals surface area contributed by atoms with Crippen LogP contribution in [-0.2, 0) is 24.1 Å². The second-order valence-electron chi connectivity index (χ2n) is 4.52. The van der Waals surface area contributed by atoms with Gasteiger partial charge in [0.05, 0.1) is 18.1 Å². The molecule has 1 rings (SSSR count). The van der Waals surface area contributed by atoms with Crippen LogP contribution in [-0.4, -0.2) is 40.2 Å². The maximum absolute atomic E-state index is 11.6. The van der Waals surface area contributed by atoms with E-state index in [1.807, 2.05) is 13.8 Å².